The van der Waals surface area contributed by atoms with E-state index >= 15 is 0 Å². The van der Waals surface area contributed by atoms with Crippen LogP contribution in [0.1, 0.15) is 80.2 Å². The van der Waals surface area contributed by atoms with E-state index in [0.29, 0.717) is 36.6 Å². The number of benzene rings is 2. The van der Waals surface area contributed by atoms with Crippen LogP contribution in [-0.2, 0) is 32.0 Å². The van der Waals surface area contributed by atoms with Gasteiger partial charge in [0, 0.05) is 19.5 Å². The molecule has 5 N–H and O–H groups in total. The molecule has 5 rings (SSSR count). The minimum Gasteiger partial charge on any atom is -0.493 e. The van der Waals surface area contributed by atoms with E-state index in [4.69, 9.17) is 9.47 Å². The van der Waals surface area contributed by atoms with Crippen molar-refractivity contribution in [3.63, 3.8) is 0 Å². The van der Waals surface area contributed by atoms with E-state index in [1.807, 2.05) is 64.1 Å². The number of hydrogen-bond donors (Lipinski definition) is 5. The highest BCUT2D eigenvalue weighted by Gasteiger charge is 2.31. The Morgan fingerprint density at radius 2 is 1.71 bits per heavy atom. The average molecular weight is 770 g/mol. The van der Waals surface area contributed by atoms with E-state index in [9.17, 15) is 24.0 Å². The van der Waals surface area contributed by atoms with Crippen LogP contribution in [0.15, 0.2) is 60.9 Å². The largest absolute Gasteiger partial charge is 0.493 e. The lowest BCUT2D eigenvalue weighted by atomic mass is 10.00. The molecule has 56 heavy (non-hydrogen) atoms. The van der Waals surface area contributed by atoms with Crippen LogP contribution in [0.3, 0.4) is 0 Å². The van der Waals surface area contributed by atoms with Crippen molar-refractivity contribution in [2.45, 2.75) is 83.8 Å². The summed E-state index contributed by atoms with van der Waals surface area (Å²) in [7, 11) is 1.51. The normalized spacial score (nSPS) is 19.4. The third-order valence-electron chi connectivity index (χ3n) is 9.41. The predicted molar refractivity (Wildman–Crippen MR) is 207 cm³/mol. The molecule has 2 aromatic heterocycles. The number of ether oxygens (including phenoxy) is 2. The molecule has 5 amide bonds. The van der Waals surface area contributed by atoms with Crippen molar-refractivity contribution >= 4 is 35.3 Å². The zero-order chi connectivity index (χ0) is 40.2. The predicted octanol–water partition coefficient (Wildman–Crippen LogP) is 2.26. The average Bonchev–Trinajstić information content (AvgIpc) is 3.67. The van der Waals surface area contributed by atoms with Gasteiger partial charge in [0.05, 0.1) is 12.8 Å². The first-order valence-electron chi connectivity index (χ1n) is 18.9. The molecule has 0 saturated carbocycles. The van der Waals surface area contributed by atoms with Crippen molar-refractivity contribution in [2.24, 2.45) is 5.92 Å². The summed E-state index contributed by atoms with van der Waals surface area (Å²) >= 11 is 0. The molecule has 3 atom stereocenters. The summed E-state index contributed by atoms with van der Waals surface area (Å²) in [5, 5.41) is 18.5. The molecule has 0 unspecified atom stereocenters. The summed E-state index contributed by atoms with van der Waals surface area (Å²) in [6.45, 7) is 7.78. The molecule has 0 radical (unpaired) electrons. The Morgan fingerprint density at radius 3 is 2.45 bits per heavy atom. The molecule has 16 heteroatoms. The van der Waals surface area contributed by atoms with Gasteiger partial charge in [-0.3, -0.25) is 24.0 Å². The SMILES string of the molecule is COc1ccc2cc1OCC(=O)NCCC[C@H](NC(=O)c1cc(C(C)C)n3ncnc3n1)C(=O)N[C@@H](Cc1ccccc1)C(=O)N[C@H](C(C)C)C(=O)NCCC2. The van der Waals surface area contributed by atoms with Gasteiger partial charge in [-0.15, -0.1) is 0 Å². The van der Waals surface area contributed by atoms with Gasteiger partial charge in [-0.1, -0.05) is 64.1 Å². The third-order valence-corrected chi connectivity index (χ3v) is 9.41. The van der Waals surface area contributed by atoms with Crippen molar-refractivity contribution in [3.05, 3.63) is 83.4 Å². The van der Waals surface area contributed by atoms with Gasteiger partial charge < -0.3 is 36.1 Å². The Labute approximate surface area is 325 Å². The van der Waals surface area contributed by atoms with Gasteiger partial charge in [-0.2, -0.15) is 10.1 Å². The Balaban J connectivity index is 1.43. The lowest BCUT2D eigenvalue weighted by Crippen LogP contribution is -2.58. The Bertz CT molecular complexity index is 2000. The van der Waals surface area contributed by atoms with Crippen molar-refractivity contribution in [2.75, 3.05) is 26.8 Å². The van der Waals surface area contributed by atoms with Gasteiger partial charge in [0.2, 0.25) is 17.7 Å². The summed E-state index contributed by atoms with van der Waals surface area (Å²) in [5.41, 5.74) is 2.44. The Morgan fingerprint density at radius 1 is 0.946 bits per heavy atom. The van der Waals surface area contributed by atoms with Crippen LogP contribution in [0.5, 0.6) is 11.5 Å². The monoisotopic (exact) mass is 769 g/mol. The van der Waals surface area contributed by atoms with Crippen LogP contribution in [0.25, 0.3) is 5.78 Å². The molecule has 0 aliphatic carbocycles. The molecular formula is C40H51N9O7. The quantitative estimate of drug-likeness (QED) is 0.185. The molecule has 2 aromatic carbocycles. The fraction of sp³-hybridized carbons (Fsp3) is 0.450. The van der Waals surface area contributed by atoms with Gasteiger partial charge in [0.15, 0.2) is 18.1 Å². The molecular weight excluding hydrogens is 718 g/mol. The van der Waals surface area contributed by atoms with Crippen LogP contribution in [0.2, 0.25) is 0 Å². The molecule has 0 fully saturated rings. The molecule has 0 spiro atoms. The molecule has 4 aromatic rings. The summed E-state index contributed by atoms with van der Waals surface area (Å²) in [6.07, 6.45) is 3.04. The number of amides is 5. The summed E-state index contributed by atoms with van der Waals surface area (Å²) < 4.78 is 12.8. The molecule has 1 aliphatic rings. The van der Waals surface area contributed by atoms with Gasteiger partial charge in [-0.05, 0) is 66.8 Å². The summed E-state index contributed by atoms with van der Waals surface area (Å²) in [6, 6.07) is 13.1. The molecule has 298 valence electrons. The number of aryl methyl sites for hydroxylation is 1. The van der Waals surface area contributed by atoms with Crippen LogP contribution < -0.4 is 36.1 Å². The van der Waals surface area contributed by atoms with Crippen LogP contribution in [0.4, 0.5) is 0 Å². The van der Waals surface area contributed by atoms with Crippen LogP contribution in [0, 0.1) is 5.92 Å². The van der Waals surface area contributed by atoms with Gasteiger partial charge in [-0.25, -0.2) is 9.50 Å². The van der Waals surface area contributed by atoms with Crippen molar-refractivity contribution < 1.29 is 33.4 Å². The number of fused-ring (bicyclic) bond motifs is 3. The first-order valence-corrected chi connectivity index (χ1v) is 18.9. The van der Waals surface area contributed by atoms with Crippen molar-refractivity contribution in [1.29, 1.82) is 0 Å². The highest BCUT2D eigenvalue weighted by molar-refractivity contribution is 5.98. The van der Waals surface area contributed by atoms with Crippen molar-refractivity contribution in [1.82, 2.24) is 46.2 Å². The maximum atomic E-state index is 14.2. The smallest absolute Gasteiger partial charge is 0.270 e. The Hall–Kier alpha value is -6.06. The van der Waals surface area contributed by atoms with Crippen LogP contribution in [-0.4, -0.2) is 94.0 Å². The van der Waals surface area contributed by atoms with E-state index in [-0.39, 0.29) is 61.6 Å². The lowest BCUT2D eigenvalue weighted by Gasteiger charge is -2.27. The zero-order valence-corrected chi connectivity index (χ0v) is 32.5. The minimum absolute atomic E-state index is 0.0256. The molecule has 0 saturated heterocycles. The third kappa shape index (κ3) is 11.0. The second-order valence-corrected chi connectivity index (χ2v) is 14.4. The van der Waals surface area contributed by atoms with Crippen molar-refractivity contribution in [3.8, 4) is 11.5 Å². The fourth-order valence-electron chi connectivity index (χ4n) is 6.32. The molecule has 2 bridgehead atoms. The summed E-state index contributed by atoms with van der Waals surface area (Å²) in [4.78, 5) is 76.8. The van der Waals surface area contributed by atoms with E-state index in [1.54, 1.807) is 22.7 Å². The summed E-state index contributed by atoms with van der Waals surface area (Å²) in [5.74, 6) is -1.76. The van der Waals surface area contributed by atoms with Gasteiger partial charge in [0.25, 0.3) is 17.6 Å². The number of nitrogens with zero attached hydrogens (tertiary/aromatic N) is 4. The second kappa shape index (κ2) is 19.5. The van der Waals surface area contributed by atoms with E-state index < -0.39 is 41.8 Å². The zero-order valence-electron chi connectivity index (χ0n) is 32.5. The number of hydrogen-bond acceptors (Lipinski definition) is 10. The highest BCUT2D eigenvalue weighted by atomic mass is 16.5. The Kier molecular flexibility index (Phi) is 14.3. The first kappa shape index (κ1) is 41.1. The number of rotatable bonds is 7. The fourth-order valence-corrected chi connectivity index (χ4v) is 6.32. The number of aromatic nitrogens is 4. The molecule has 3 heterocycles. The maximum Gasteiger partial charge on any atom is 0.270 e. The second-order valence-electron chi connectivity index (χ2n) is 14.4. The number of carbonyl (C=O) groups is 5. The number of carbonyl (C=O) groups excluding carboxylic acids is 5. The molecule has 1 aliphatic heterocycles. The highest BCUT2D eigenvalue weighted by Crippen LogP contribution is 2.28. The van der Waals surface area contributed by atoms with Gasteiger partial charge in [0.1, 0.15) is 30.1 Å². The van der Waals surface area contributed by atoms with Crippen LogP contribution >= 0.6 is 0 Å². The first-order chi connectivity index (χ1) is 26.9. The number of methoxy groups -OCH3 is 1. The standard InChI is InChI=1S/C40H51N9O7/c1-24(2)31-21-30(47-40-43-23-44-49(31)40)37(52)45-28-14-10-17-41-34(50)22-56-33-20-27(15-16-32(33)55-5)13-9-18-42-39(54)35(25(3)4)48-38(53)29(46-36(28)51)19-26-11-7-6-8-12-26/h6-8,11-12,15-16,20-21,23-25,28-29,35H,9-10,13-14,17-19,22H2,1-5H3,(H,41,50)(H,42,54)(H,45,52)(H,46,51)(H,48,53)/t28-,29-,35+/m0/s1. The topological polar surface area (TPSA) is 207 Å². The van der Waals surface area contributed by atoms with E-state index in [1.165, 1.54) is 13.4 Å². The van der Waals surface area contributed by atoms with E-state index in [0.717, 1.165) is 11.1 Å². The number of nitrogens with one attached hydrogen (secondary N) is 5. The molecule has 16 nitrogen and oxygen atoms in total. The van der Waals surface area contributed by atoms with E-state index in [2.05, 4.69) is 41.7 Å². The lowest BCUT2D eigenvalue weighted by molar-refractivity contribution is -0.133. The van der Waals surface area contributed by atoms with Gasteiger partial charge >= 0.3 is 0 Å². The maximum absolute atomic E-state index is 14.2. The minimum atomic E-state index is -1.14.